The maximum absolute atomic E-state index is 12.3. The van der Waals surface area contributed by atoms with Crippen LogP contribution in [0.25, 0.3) is 5.57 Å². The Morgan fingerprint density at radius 3 is 2.32 bits per heavy atom. The van der Waals surface area contributed by atoms with Gasteiger partial charge in [-0.15, -0.1) is 0 Å². The predicted octanol–water partition coefficient (Wildman–Crippen LogP) is 3.74. The number of carboxylic acids is 1. The first-order valence-corrected chi connectivity index (χ1v) is 9.23. The van der Waals surface area contributed by atoms with E-state index in [0.717, 1.165) is 31.6 Å². The monoisotopic (exact) mass is 343 g/mol. The van der Waals surface area contributed by atoms with Crippen LogP contribution in [0.3, 0.4) is 0 Å². The van der Waals surface area contributed by atoms with Gasteiger partial charge in [-0.25, -0.2) is 0 Å². The lowest BCUT2D eigenvalue weighted by Crippen LogP contribution is -2.25. The van der Waals surface area contributed by atoms with Crippen molar-refractivity contribution in [1.29, 1.82) is 0 Å². The van der Waals surface area contributed by atoms with Gasteiger partial charge in [0.15, 0.2) is 0 Å². The van der Waals surface area contributed by atoms with Crippen LogP contribution in [-0.4, -0.2) is 11.9 Å². The van der Waals surface area contributed by atoms with E-state index in [1.807, 2.05) is 0 Å². The van der Waals surface area contributed by atoms with E-state index in [4.69, 9.17) is 4.74 Å². The highest BCUT2D eigenvalue weighted by molar-refractivity contribution is 6.13. The third-order valence-electron chi connectivity index (χ3n) is 5.06. The van der Waals surface area contributed by atoms with E-state index in [1.165, 1.54) is 25.7 Å². The molecule has 1 fully saturated rings. The number of aliphatic carboxylic acids is 1. The molecule has 0 atom stereocenters. The summed E-state index contributed by atoms with van der Waals surface area (Å²) in [7, 11) is 0. The van der Waals surface area contributed by atoms with E-state index < -0.39 is 5.97 Å². The zero-order valence-electron chi connectivity index (χ0n) is 15.0. The van der Waals surface area contributed by atoms with Crippen molar-refractivity contribution in [2.75, 3.05) is 0 Å². The van der Waals surface area contributed by atoms with Crippen LogP contribution in [0, 0.1) is 11.8 Å². The number of unbranched alkanes of at least 4 members (excludes halogenated alkanes) is 2. The average Bonchev–Trinajstić information content (AvgIpc) is 2.62. The summed E-state index contributed by atoms with van der Waals surface area (Å²) in [5.74, 6) is -0.324. The standard InChI is InChI=1S/C21H28O4/c1-3-4-5-6-16-7-9-18(10-8-16)21(24)25-19-13-11-17(12-14-19)15(2)20(22)23/h11-14,16,18H,2-10H2,1H3,(H,22,23)/p-1. The van der Waals surface area contributed by atoms with Gasteiger partial charge in [-0.3, -0.25) is 4.79 Å². The highest BCUT2D eigenvalue weighted by atomic mass is 16.5. The first-order chi connectivity index (χ1) is 12.0. The molecule has 136 valence electrons. The second-order valence-corrected chi connectivity index (χ2v) is 6.92. The first-order valence-electron chi connectivity index (χ1n) is 9.23. The molecule has 0 heterocycles. The molecule has 1 aromatic rings. The van der Waals surface area contributed by atoms with Gasteiger partial charge >= 0.3 is 5.97 Å². The minimum Gasteiger partial charge on any atom is -0.545 e. The minimum atomic E-state index is -1.31. The summed E-state index contributed by atoms with van der Waals surface area (Å²) in [4.78, 5) is 23.1. The number of ether oxygens (including phenoxy) is 1. The molecular formula is C21H27O4-. The fourth-order valence-corrected chi connectivity index (χ4v) is 3.41. The van der Waals surface area contributed by atoms with Crippen LogP contribution in [0.15, 0.2) is 30.8 Å². The average molecular weight is 343 g/mol. The summed E-state index contributed by atoms with van der Waals surface area (Å²) in [6, 6.07) is 6.34. The lowest BCUT2D eigenvalue weighted by molar-refractivity contribution is -0.295. The van der Waals surface area contributed by atoms with Crippen molar-refractivity contribution in [1.82, 2.24) is 0 Å². The Kier molecular flexibility index (Phi) is 7.23. The SMILES string of the molecule is C=C(C(=O)[O-])c1ccc(OC(=O)C2CCC(CCCCC)CC2)cc1. The van der Waals surface area contributed by atoms with E-state index in [2.05, 4.69) is 13.5 Å². The van der Waals surface area contributed by atoms with Gasteiger partial charge in [0.1, 0.15) is 5.75 Å². The van der Waals surface area contributed by atoms with Gasteiger partial charge in [-0.05, 0) is 54.9 Å². The first kappa shape index (κ1) is 19.2. The molecule has 0 amide bonds. The summed E-state index contributed by atoms with van der Waals surface area (Å²) < 4.78 is 5.45. The van der Waals surface area contributed by atoms with Crippen LogP contribution in [-0.2, 0) is 9.59 Å². The van der Waals surface area contributed by atoms with Crippen LogP contribution in [0.1, 0.15) is 63.9 Å². The molecule has 0 N–H and O–H groups in total. The minimum absolute atomic E-state index is 0.0275. The van der Waals surface area contributed by atoms with Gasteiger partial charge in [0.05, 0.1) is 11.9 Å². The lowest BCUT2D eigenvalue weighted by Gasteiger charge is -2.27. The Labute approximate surface area is 149 Å². The molecule has 0 saturated heterocycles. The normalized spacial score (nSPS) is 20.0. The topological polar surface area (TPSA) is 66.4 Å². The number of rotatable bonds is 8. The summed E-state index contributed by atoms with van der Waals surface area (Å²) >= 11 is 0. The summed E-state index contributed by atoms with van der Waals surface area (Å²) in [5.41, 5.74) is 0.367. The Bertz CT molecular complexity index is 595. The molecule has 1 saturated carbocycles. The Balaban J connectivity index is 1.80. The number of carboxylic acid groups (broad SMARTS) is 1. The van der Waals surface area contributed by atoms with Gasteiger partial charge in [0, 0.05) is 0 Å². The van der Waals surface area contributed by atoms with Crippen molar-refractivity contribution in [2.24, 2.45) is 11.8 Å². The van der Waals surface area contributed by atoms with Crippen molar-refractivity contribution >= 4 is 17.5 Å². The van der Waals surface area contributed by atoms with Crippen LogP contribution < -0.4 is 9.84 Å². The summed E-state index contributed by atoms with van der Waals surface area (Å²) in [6.45, 7) is 5.67. The molecule has 25 heavy (non-hydrogen) atoms. The molecule has 2 rings (SSSR count). The van der Waals surface area contributed by atoms with Crippen LogP contribution >= 0.6 is 0 Å². The summed E-state index contributed by atoms with van der Waals surface area (Å²) in [6.07, 6.45) is 9.12. The number of esters is 1. The number of hydrogen-bond donors (Lipinski definition) is 0. The van der Waals surface area contributed by atoms with Gasteiger partial charge in [0.2, 0.25) is 0 Å². The molecule has 0 aliphatic heterocycles. The van der Waals surface area contributed by atoms with Gasteiger partial charge in [0.25, 0.3) is 0 Å². The van der Waals surface area contributed by atoms with E-state index in [-0.39, 0.29) is 17.5 Å². The maximum Gasteiger partial charge on any atom is 0.314 e. The zero-order chi connectivity index (χ0) is 18.2. The molecule has 0 radical (unpaired) electrons. The number of carbonyl (C=O) groups is 2. The van der Waals surface area contributed by atoms with E-state index in [0.29, 0.717) is 11.3 Å². The molecule has 1 aromatic carbocycles. The molecule has 0 bridgehead atoms. The third kappa shape index (κ3) is 5.73. The quantitative estimate of drug-likeness (QED) is 0.312. The molecule has 1 aliphatic rings. The van der Waals surface area contributed by atoms with Crippen molar-refractivity contribution in [3.8, 4) is 5.75 Å². The van der Waals surface area contributed by atoms with Gasteiger partial charge < -0.3 is 14.6 Å². The van der Waals surface area contributed by atoms with E-state index >= 15 is 0 Å². The highest BCUT2D eigenvalue weighted by Crippen LogP contribution is 2.33. The molecule has 0 aromatic heterocycles. The predicted molar refractivity (Wildman–Crippen MR) is 95.7 cm³/mol. The van der Waals surface area contributed by atoms with Crippen molar-refractivity contribution in [3.05, 3.63) is 36.4 Å². The number of hydrogen-bond acceptors (Lipinski definition) is 4. The summed E-state index contributed by atoms with van der Waals surface area (Å²) in [5, 5.41) is 10.8. The van der Waals surface area contributed by atoms with E-state index in [9.17, 15) is 14.7 Å². The Morgan fingerprint density at radius 1 is 1.12 bits per heavy atom. The third-order valence-corrected chi connectivity index (χ3v) is 5.06. The van der Waals surface area contributed by atoms with Gasteiger partial charge in [-0.2, -0.15) is 0 Å². The lowest BCUT2D eigenvalue weighted by atomic mass is 9.80. The van der Waals surface area contributed by atoms with Crippen molar-refractivity contribution in [2.45, 2.75) is 58.3 Å². The maximum atomic E-state index is 12.3. The molecule has 4 heteroatoms. The number of carbonyl (C=O) groups excluding carboxylic acids is 2. The van der Waals surface area contributed by atoms with Crippen LogP contribution in [0.5, 0.6) is 5.75 Å². The number of benzene rings is 1. The second kappa shape index (κ2) is 9.40. The van der Waals surface area contributed by atoms with Crippen molar-refractivity contribution < 1.29 is 19.4 Å². The van der Waals surface area contributed by atoms with E-state index in [1.54, 1.807) is 24.3 Å². The molecule has 0 spiro atoms. The van der Waals surface area contributed by atoms with Crippen LogP contribution in [0.2, 0.25) is 0 Å². The fourth-order valence-electron chi connectivity index (χ4n) is 3.41. The van der Waals surface area contributed by atoms with Gasteiger partial charge in [-0.1, -0.05) is 51.3 Å². The second-order valence-electron chi connectivity index (χ2n) is 6.92. The zero-order valence-corrected chi connectivity index (χ0v) is 15.0. The Morgan fingerprint density at radius 2 is 1.76 bits per heavy atom. The smallest absolute Gasteiger partial charge is 0.314 e. The molecular weight excluding hydrogens is 316 g/mol. The van der Waals surface area contributed by atoms with Crippen molar-refractivity contribution in [3.63, 3.8) is 0 Å². The largest absolute Gasteiger partial charge is 0.545 e. The Hall–Kier alpha value is -2.10. The molecule has 0 unspecified atom stereocenters. The highest BCUT2D eigenvalue weighted by Gasteiger charge is 2.27. The fraction of sp³-hybridized carbons (Fsp3) is 0.524. The van der Waals surface area contributed by atoms with Crippen LogP contribution in [0.4, 0.5) is 0 Å². The molecule has 1 aliphatic carbocycles. The molecule has 4 nitrogen and oxygen atoms in total.